The maximum Gasteiger partial charge on any atom is 0.419 e. The van der Waals surface area contributed by atoms with Crippen molar-refractivity contribution in [1.82, 2.24) is 4.57 Å². The van der Waals surface area contributed by atoms with Gasteiger partial charge in [-0.25, -0.2) is 9.18 Å². The van der Waals surface area contributed by atoms with E-state index in [-0.39, 0.29) is 35.9 Å². The van der Waals surface area contributed by atoms with Gasteiger partial charge in [0.25, 0.3) is 5.69 Å². The third-order valence-electron chi connectivity index (χ3n) is 4.09. The number of nitro groups is 1. The van der Waals surface area contributed by atoms with Gasteiger partial charge in [-0.2, -0.15) is 0 Å². The molecule has 0 unspecified atom stereocenters. The van der Waals surface area contributed by atoms with Crippen LogP contribution in [0.5, 0.6) is 5.75 Å². The summed E-state index contributed by atoms with van der Waals surface area (Å²) in [7, 11) is 1.37. The average Bonchev–Trinajstić information content (AvgIpc) is 2.97. The normalized spacial score (nSPS) is 10.8. The number of nitrogens with one attached hydrogen (secondary N) is 1. The first kappa shape index (κ1) is 19.1. The van der Waals surface area contributed by atoms with Crippen LogP contribution >= 0.6 is 0 Å². The zero-order chi connectivity index (χ0) is 20.3. The second kappa shape index (κ2) is 7.91. The Kier molecular flexibility index (Phi) is 5.39. The van der Waals surface area contributed by atoms with E-state index in [1.807, 2.05) is 0 Å². The number of carbonyl (C=O) groups excluding carboxylic acids is 1. The second-order valence-electron chi connectivity index (χ2n) is 5.93. The topological polar surface area (TPSA) is 117 Å². The van der Waals surface area contributed by atoms with Crippen molar-refractivity contribution in [2.24, 2.45) is 0 Å². The number of nitrogens with zero attached hydrogens (tertiary/aromatic N) is 2. The van der Waals surface area contributed by atoms with Crippen LogP contribution in [-0.4, -0.2) is 22.5 Å². The van der Waals surface area contributed by atoms with Gasteiger partial charge in [0.15, 0.2) is 5.58 Å². The molecule has 3 rings (SSSR count). The number of benzene rings is 2. The molecule has 0 saturated heterocycles. The van der Waals surface area contributed by atoms with Crippen LogP contribution in [0.25, 0.3) is 11.1 Å². The summed E-state index contributed by atoms with van der Waals surface area (Å²) in [5.41, 5.74) is 0.684. The highest BCUT2D eigenvalue weighted by Crippen LogP contribution is 2.25. The number of rotatable bonds is 7. The number of ether oxygens (including phenoxy) is 1. The van der Waals surface area contributed by atoms with Gasteiger partial charge in [-0.15, -0.1) is 0 Å². The lowest BCUT2D eigenvalue weighted by atomic mass is 10.2. The van der Waals surface area contributed by atoms with Crippen molar-refractivity contribution in [3.05, 3.63) is 62.9 Å². The Morgan fingerprint density at radius 1 is 1.32 bits per heavy atom. The standard InChI is InChI=1S/C18H16FN3O6/c1-27-15-9-11(19)4-6-13(15)20-17(23)3-2-8-21-14-7-5-12(22(25)26)10-16(14)28-18(21)24/h4-7,9-10H,2-3,8H2,1H3,(H,20,23). The Balaban J connectivity index is 1.65. The molecule has 1 amide bonds. The van der Waals surface area contributed by atoms with Crippen molar-refractivity contribution in [1.29, 1.82) is 0 Å². The molecular weight excluding hydrogens is 373 g/mol. The van der Waals surface area contributed by atoms with Gasteiger partial charge in [0.05, 0.1) is 29.3 Å². The number of halogens is 1. The fraction of sp³-hybridized carbons (Fsp3) is 0.222. The molecule has 0 atom stereocenters. The van der Waals surface area contributed by atoms with Gasteiger partial charge >= 0.3 is 5.76 Å². The molecular formula is C18H16FN3O6. The number of amides is 1. The van der Waals surface area contributed by atoms with E-state index in [0.717, 1.165) is 6.07 Å². The number of fused-ring (bicyclic) bond motifs is 1. The molecule has 0 spiro atoms. The molecule has 1 heterocycles. The Morgan fingerprint density at radius 2 is 2.11 bits per heavy atom. The van der Waals surface area contributed by atoms with Crippen LogP contribution in [0.4, 0.5) is 15.8 Å². The third-order valence-corrected chi connectivity index (χ3v) is 4.09. The van der Waals surface area contributed by atoms with Crippen LogP contribution in [0.3, 0.4) is 0 Å². The molecule has 1 aromatic heterocycles. The van der Waals surface area contributed by atoms with Gasteiger partial charge in [-0.05, 0) is 24.6 Å². The molecule has 3 aromatic rings. The van der Waals surface area contributed by atoms with Crippen molar-refractivity contribution in [3.63, 3.8) is 0 Å². The van der Waals surface area contributed by atoms with E-state index in [2.05, 4.69) is 5.32 Å². The molecule has 146 valence electrons. The fourth-order valence-corrected chi connectivity index (χ4v) is 2.76. The predicted molar refractivity (Wildman–Crippen MR) is 97.9 cm³/mol. The van der Waals surface area contributed by atoms with E-state index in [0.29, 0.717) is 17.6 Å². The van der Waals surface area contributed by atoms with Crippen LogP contribution in [0.15, 0.2) is 45.6 Å². The monoisotopic (exact) mass is 389 g/mol. The molecule has 9 nitrogen and oxygen atoms in total. The van der Waals surface area contributed by atoms with Gasteiger partial charge in [-0.1, -0.05) is 0 Å². The van der Waals surface area contributed by atoms with Crippen molar-refractivity contribution < 1.29 is 23.3 Å². The Hall–Kier alpha value is -3.69. The highest BCUT2D eigenvalue weighted by atomic mass is 19.1. The minimum absolute atomic E-state index is 0.0899. The van der Waals surface area contributed by atoms with Gasteiger partial charge in [-0.3, -0.25) is 19.5 Å². The van der Waals surface area contributed by atoms with E-state index >= 15 is 0 Å². The molecule has 28 heavy (non-hydrogen) atoms. The number of aryl methyl sites for hydroxylation is 1. The van der Waals surface area contributed by atoms with Crippen LogP contribution in [0, 0.1) is 15.9 Å². The summed E-state index contributed by atoms with van der Waals surface area (Å²) < 4.78 is 24.6. The number of aromatic nitrogens is 1. The van der Waals surface area contributed by atoms with E-state index in [9.17, 15) is 24.1 Å². The van der Waals surface area contributed by atoms with Gasteiger partial charge in [0, 0.05) is 25.1 Å². The molecule has 0 aliphatic carbocycles. The maximum atomic E-state index is 13.2. The summed E-state index contributed by atoms with van der Waals surface area (Å²) in [5.74, 6) is -1.27. The molecule has 0 radical (unpaired) electrons. The molecule has 0 saturated carbocycles. The maximum absolute atomic E-state index is 13.2. The van der Waals surface area contributed by atoms with Crippen molar-refractivity contribution in [2.45, 2.75) is 19.4 Å². The van der Waals surface area contributed by atoms with E-state index in [1.165, 1.54) is 42.0 Å². The molecule has 1 N–H and O–H groups in total. The number of methoxy groups -OCH3 is 1. The zero-order valence-electron chi connectivity index (χ0n) is 14.8. The highest BCUT2D eigenvalue weighted by molar-refractivity contribution is 5.92. The second-order valence-corrected chi connectivity index (χ2v) is 5.93. The van der Waals surface area contributed by atoms with Gasteiger partial charge in [0.1, 0.15) is 11.6 Å². The first-order valence-corrected chi connectivity index (χ1v) is 8.30. The summed E-state index contributed by atoms with van der Waals surface area (Å²) in [4.78, 5) is 34.3. The number of hydrogen-bond acceptors (Lipinski definition) is 6. The molecule has 10 heteroatoms. The lowest BCUT2D eigenvalue weighted by molar-refractivity contribution is -0.384. The van der Waals surface area contributed by atoms with Crippen LogP contribution in [0.2, 0.25) is 0 Å². The third kappa shape index (κ3) is 4.00. The van der Waals surface area contributed by atoms with E-state index in [1.54, 1.807) is 0 Å². The zero-order valence-corrected chi connectivity index (χ0v) is 14.8. The van der Waals surface area contributed by atoms with Crippen molar-refractivity contribution in [3.8, 4) is 5.75 Å². The van der Waals surface area contributed by atoms with Crippen LogP contribution in [-0.2, 0) is 11.3 Å². The largest absolute Gasteiger partial charge is 0.494 e. The van der Waals surface area contributed by atoms with Crippen molar-refractivity contribution in [2.75, 3.05) is 12.4 Å². The first-order chi connectivity index (χ1) is 13.4. The minimum Gasteiger partial charge on any atom is -0.494 e. The van der Waals surface area contributed by atoms with Crippen LogP contribution < -0.4 is 15.8 Å². The first-order valence-electron chi connectivity index (χ1n) is 8.30. The molecule has 0 aliphatic heterocycles. The quantitative estimate of drug-likeness (QED) is 0.490. The SMILES string of the molecule is COc1cc(F)ccc1NC(=O)CCCn1c(=O)oc2cc([N+](=O)[O-])ccc21. The smallest absolute Gasteiger partial charge is 0.419 e. The lowest BCUT2D eigenvalue weighted by Crippen LogP contribution is -2.17. The molecule has 0 bridgehead atoms. The van der Waals surface area contributed by atoms with Crippen molar-refractivity contribution >= 4 is 28.4 Å². The summed E-state index contributed by atoms with van der Waals surface area (Å²) >= 11 is 0. The summed E-state index contributed by atoms with van der Waals surface area (Å²) in [5, 5.41) is 13.4. The Labute approximate surface area is 157 Å². The molecule has 2 aromatic carbocycles. The highest BCUT2D eigenvalue weighted by Gasteiger charge is 2.15. The number of oxazole rings is 1. The average molecular weight is 389 g/mol. The Morgan fingerprint density at radius 3 is 2.82 bits per heavy atom. The van der Waals surface area contributed by atoms with E-state index < -0.39 is 16.5 Å². The number of non-ortho nitro benzene ring substituents is 1. The number of anilines is 1. The van der Waals surface area contributed by atoms with Gasteiger partial charge < -0.3 is 14.5 Å². The summed E-state index contributed by atoms with van der Waals surface area (Å²) in [6, 6.07) is 7.65. The summed E-state index contributed by atoms with van der Waals surface area (Å²) in [6.45, 7) is 0.192. The van der Waals surface area contributed by atoms with Gasteiger partial charge in [0.2, 0.25) is 5.91 Å². The van der Waals surface area contributed by atoms with Crippen LogP contribution in [0.1, 0.15) is 12.8 Å². The summed E-state index contributed by atoms with van der Waals surface area (Å²) in [6.07, 6.45) is 0.410. The van der Waals surface area contributed by atoms with E-state index in [4.69, 9.17) is 9.15 Å². The lowest BCUT2D eigenvalue weighted by Gasteiger charge is -2.10. The minimum atomic E-state index is -0.656. The molecule has 0 aliphatic rings. The number of hydrogen-bond donors (Lipinski definition) is 1. The number of carbonyl (C=O) groups is 1. The molecule has 0 fully saturated rings. The number of nitro benzene ring substituents is 1. The predicted octanol–water partition coefficient (Wildman–Crippen LogP) is 3.07. The fourth-order valence-electron chi connectivity index (χ4n) is 2.76. The Bertz CT molecular complexity index is 1100.